The lowest BCUT2D eigenvalue weighted by molar-refractivity contribution is 0.572. The Bertz CT molecular complexity index is 581. The summed E-state index contributed by atoms with van der Waals surface area (Å²) in [5.74, 6) is -0.552. The van der Waals surface area contributed by atoms with Gasteiger partial charge in [0.25, 0.3) is 0 Å². The third kappa shape index (κ3) is 3.15. The van der Waals surface area contributed by atoms with Crippen LogP contribution >= 0.6 is 0 Å². The van der Waals surface area contributed by atoms with Crippen LogP contribution in [0.25, 0.3) is 0 Å². The van der Waals surface area contributed by atoms with Gasteiger partial charge in [-0.05, 0) is 37.8 Å². The number of rotatable bonds is 4. The van der Waals surface area contributed by atoms with Gasteiger partial charge in [0.15, 0.2) is 0 Å². The van der Waals surface area contributed by atoms with E-state index < -0.39 is 21.1 Å². The van der Waals surface area contributed by atoms with Crippen molar-refractivity contribution < 1.29 is 12.8 Å². The van der Waals surface area contributed by atoms with Crippen molar-refractivity contribution in [2.75, 3.05) is 4.72 Å². The Kier molecular flexibility index (Phi) is 4.24. The molecule has 0 aromatic heterocycles. The molecule has 0 saturated heterocycles. The van der Waals surface area contributed by atoms with Gasteiger partial charge >= 0.3 is 0 Å². The largest absolute Gasteiger partial charge is 0.280 e. The number of hydrogen-bond donors (Lipinski definition) is 1. The normalized spacial score (nSPS) is 19.9. The molecule has 0 bridgehead atoms. The number of benzene rings is 1. The van der Waals surface area contributed by atoms with Crippen molar-refractivity contribution in [1.82, 2.24) is 0 Å². The molecule has 1 unspecified atom stereocenters. The summed E-state index contributed by atoms with van der Waals surface area (Å²) in [5, 5.41) is -0.536. The molecule has 0 saturated carbocycles. The average Bonchev–Trinajstić information content (AvgIpc) is 2.41. The molecular formula is C14H18FNO2S. The second kappa shape index (κ2) is 5.74. The fourth-order valence-electron chi connectivity index (χ4n) is 2.40. The van der Waals surface area contributed by atoms with Crippen molar-refractivity contribution in [1.29, 1.82) is 0 Å². The van der Waals surface area contributed by atoms with E-state index in [9.17, 15) is 12.8 Å². The van der Waals surface area contributed by atoms with Crippen LogP contribution in [0.1, 0.15) is 32.6 Å². The van der Waals surface area contributed by atoms with Gasteiger partial charge in [0.1, 0.15) is 11.1 Å². The van der Waals surface area contributed by atoms with E-state index >= 15 is 0 Å². The molecule has 1 aliphatic carbocycles. The summed E-state index contributed by atoms with van der Waals surface area (Å²) in [6.07, 6.45) is 5.09. The minimum Gasteiger partial charge on any atom is -0.280 e. The molecule has 0 fully saturated rings. The number of nitrogens with one attached hydrogen (secondary N) is 1. The number of anilines is 1. The molecule has 1 aromatic carbocycles. The molecule has 0 aliphatic heterocycles. The SMILES string of the molecule is CCC1=CCCCC1S(=O)(=O)Nc1ccccc1F. The monoisotopic (exact) mass is 283 g/mol. The summed E-state index contributed by atoms with van der Waals surface area (Å²) in [6, 6.07) is 5.82. The summed E-state index contributed by atoms with van der Waals surface area (Å²) < 4.78 is 40.6. The van der Waals surface area contributed by atoms with Gasteiger partial charge in [0, 0.05) is 0 Å². The van der Waals surface area contributed by atoms with Crippen molar-refractivity contribution in [3.8, 4) is 0 Å². The Balaban J connectivity index is 2.26. The minimum atomic E-state index is -3.58. The van der Waals surface area contributed by atoms with Crippen LogP contribution in [0, 0.1) is 5.82 Å². The van der Waals surface area contributed by atoms with E-state index in [1.54, 1.807) is 6.07 Å². The highest BCUT2D eigenvalue weighted by atomic mass is 32.2. The summed E-state index contributed by atoms with van der Waals surface area (Å²) in [7, 11) is -3.58. The molecule has 1 aliphatic rings. The smallest absolute Gasteiger partial charge is 0.239 e. The fraction of sp³-hybridized carbons (Fsp3) is 0.429. The zero-order chi connectivity index (χ0) is 13.9. The zero-order valence-corrected chi connectivity index (χ0v) is 11.7. The van der Waals surface area contributed by atoms with Crippen molar-refractivity contribution in [2.45, 2.75) is 37.9 Å². The summed E-state index contributed by atoms with van der Waals surface area (Å²) >= 11 is 0. The first-order chi connectivity index (χ1) is 9.04. The quantitative estimate of drug-likeness (QED) is 0.860. The topological polar surface area (TPSA) is 46.2 Å². The van der Waals surface area contributed by atoms with Crippen LogP contribution in [-0.2, 0) is 10.0 Å². The summed E-state index contributed by atoms with van der Waals surface area (Å²) in [6.45, 7) is 1.95. The Morgan fingerprint density at radius 2 is 2.11 bits per heavy atom. The molecule has 3 nitrogen and oxygen atoms in total. The molecule has 0 radical (unpaired) electrons. The van der Waals surface area contributed by atoms with Gasteiger partial charge in [-0.25, -0.2) is 12.8 Å². The predicted molar refractivity (Wildman–Crippen MR) is 75.0 cm³/mol. The lowest BCUT2D eigenvalue weighted by Crippen LogP contribution is -2.31. The number of sulfonamides is 1. The van der Waals surface area contributed by atoms with E-state index in [1.807, 2.05) is 13.0 Å². The Labute approximate surface area is 113 Å². The zero-order valence-electron chi connectivity index (χ0n) is 10.9. The standard InChI is InChI=1S/C14H18FNO2S/c1-2-11-7-3-6-10-14(11)19(17,18)16-13-9-5-4-8-12(13)15/h4-5,7-9,14,16H,2-3,6,10H2,1H3. The van der Waals surface area contributed by atoms with E-state index in [4.69, 9.17) is 0 Å². The molecule has 104 valence electrons. The molecule has 0 spiro atoms. The Morgan fingerprint density at radius 1 is 1.37 bits per heavy atom. The van der Waals surface area contributed by atoms with Gasteiger partial charge in [-0.3, -0.25) is 4.72 Å². The van der Waals surface area contributed by atoms with Crippen LogP contribution in [0.5, 0.6) is 0 Å². The number of hydrogen-bond acceptors (Lipinski definition) is 2. The Hall–Kier alpha value is -1.36. The van der Waals surface area contributed by atoms with Crippen LogP contribution in [0.4, 0.5) is 10.1 Å². The second-order valence-corrected chi connectivity index (χ2v) is 6.54. The van der Waals surface area contributed by atoms with Crippen molar-refractivity contribution in [3.63, 3.8) is 0 Å². The van der Waals surface area contributed by atoms with Crippen molar-refractivity contribution >= 4 is 15.7 Å². The van der Waals surface area contributed by atoms with Crippen LogP contribution < -0.4 is 4.72 Å². The third-order valence-corrected chi connectivity index (χ3v) is 5.19. The van der Waals surface area contributed by atoms with Gasteiger partial charge in [-0.1, -0.05) is 30.7 Å². The average molecular weight is 283 g/mol. The maximum atomic E-state index is 13.5. The van der Waals surface area contributed by atoms with Gasteiger partial charge in [0.05, 0.1) is 5.69 Å². The lowest BCUT2D eigenvalue weighted by atomic mass is 9.97. The van der Waals surface area contributed by atoms with E-state index in [0.717, 1.165) is 18.4 Å². The van der Waals surface area contributed by atoms with E-state index in [2.05, 4.69) is 4.72 Å². The number of allylic oxidation sites excluding steroid dienone is 1. The third-order valence-electron chi connectivity index (χ3n) is 3.40. The van der Waals surface area contributed by atoms with Crippen LogP contribution in [0.15, 0.2) is 35.9 Å². The molecule has 19 heavy (non-hydrogen) atoms. The highest BCUT2D eigenvalue weighted by molar-refractivity contribution is 7.93. The second-order valence-electron chi connectivity index (χ2n) is 4.68. The van der Waals surface area contributed by atoms with Crippen LogP contribution in [-0.4, -0.2) is 13.7 Å². The van der Waals surface area contributed by atoms with E-state index in [1.165, 1.54) is 18.2 Å². The predicted octanol–water partition coefficient (Wildman–Crippen LogP) is 3.46. The van der Waals surface area contributed by atoms with Crippen LogP contribution in [0.3, 0.4) is 0 Å². The van der Waals surface area contributed by atoms with E-state index in [-0.39, 0.29) is 5.69 Å². The van der Waals surface area contributed by atoms with Gasteiger partial charge in [0.2, 0.25) is 10.0 Å². The molecule has 1 aromatic rings. The maximum absolute atomic E-state index is 13.5. The maximum Gasteiger partial charge on any atom is 0.239 e. The van der Waals surface area contributed by atoms with Gasteiger partial charge in [-0.15, -0.1) is 0 Å². The van der Waals surface area contributed by atoms with Crippen LogP contribution in [0.2, 0.25) is 0 Å². The highest BCUT2D eigenvalue weighted by Gasteiger charge is 2.30. The Morgan fingerprint density at radius 3 is 2.79 bits per heavy atom. The summed E-state index contributed by atoms with van der Waals surface area (Å²) in [4.78, 5) is 0. The highest BCUT2D eigenvalue weighted by Crippen LogP contribution is 2.28. The minimum absolute atomic E-state index is 0.0172. The first-order valence-corrected chi connectivity index (χ1v) is 8.04. The van der Waals surface area contributed by atoms with Gasteiger partial charge < -0.3 is 0 Å². The molecule has 1 N–H and O–H groups in total. The molecular weight excluding hydrogens is 265 g/mol. The lowest BCUT2D eigenvalue weighted by Gasteiger charge is -2.24. The fourth-order valence-corrected chi connectivity index (χ4v) is 4.16. The number of halogens is 1. The summed E-state index contributed by atoms with van der Waals surface area (Å²) in [5.41, 5.74) is 0.943. The molecule has 5 heteroatoms. The molecule has 1 atom stereocenters. The first-order valence-electron chi connectivity index (χ1n) is 6.49. The number of para-hydroxylation sites is 1. The van der Waals surface area contributed by atoms with Crippen molar-refractivity contribution in [3.05, 3.63) is 41.7 Å². The van der Waals surface area contributed by atoms with E-state index in [0.29, 0.717) is 12.8 Å². The first kappa shape index (κ1) is 14.1. The molecule has 0 amide bonds. The van der Waals surface area contributed by atoms with Crippen molar-refractivity contribution in [2.24, 2.45) is 0 Å². The molecule has 0 heterocycles. The van der Waals surface area contributed by atoms with Gasteiger partial charge in [-0.2, -0.15) is 0 Å². The molecule has 2 rings (SSSR count).